The predicted octanol–water partition coefficient (Wildman–Crippen LogP) is 4.86. The maximum absolute atomic E-state index is 15.7. The molecule has 1 aromatic rings. The highest BCUT2D eigenvalue weighted by Gasteiger charge is 2.50. The van der Waals surface area contributed by atoms with Gasteiger partial charge in [-0.25, -0.2) is 23.6 Å². The summed E-state index contributed by atoms with van der Waals surface area (Å²) in [7, 11) is -3.04. The largest absolute Gasteiger partial charge is 0.694 e. The number of thioether (sulfide) groups is 1. The van der Waals surface area contributed by atoms with Crippen molar-refractivity contribution in [1.82, 2.24) is 9.55 Å². The number of anilines is 1. The van der Waals surface area contributed by atoms with Gasteiger partial charge in [0.05, 0.1) is 5.25 Å². The van der Waals surface area contributed by atoms with Gasteiger partial charge in [-0.15, -0.1) is 21.2 Å². The number of carbonyl (C=O) groups excluding carboxylic acids is 3. The molecule has 1 saturated heterocycles. The van der Waals surface area contributed by atoms with Crippen LogP contribution < -0.4 is 10.6 Å². The predicted molar refractivity (Wildman–Crippen MR) is 146 cm³/mol. The van der Waals surface area contributed by atoms with Gasteiger partial charge in [0.15, 0.2) is 18.1 Å². The molecule has 230 valence electrons. The molecule has 0 bridgehead atoms. The van der Waals surface area contributed by atoms with Crippen LogP contribution in [0.3, 0.4) is 0 Å². The molecule has 1 aliphatic rings. The van der Waals surface area contributed by atoms with E-state index in [9.17, 15) is 23.7 Å². The van der Waals surface area contributed by atoms with Crippen LogP contribution in [0.25, 0.3) is 0 Å². The normalized spacial score (nSPS) is 21.6. The SMILES string of the molecule is CC(C)(C)OC(=O)O[C@H]1[C@H](F)C(n2ccc(N(C(=O)OC(C)(C)C)C(=O)OC(C)(C)C)nc2=O)S[C@@H]1CO[P+](=O)O. The molecular weight excluding hydrogens is 588 g/mol. The highest BCUT2D eigenvalue weighted by atomic mass is 32.2. The second kappa shape index (κ2) is 13.0. The third-order valence-electron chi connectivity index (χ3n) is 4.71. The van der Waals surface area contributed by atoms with Crippen LogP contribution >= 0.6 is 20.0 Å². The number of nitrogens with zero attached hydrogens (tertiary/aromatic N) is 3. The van der Waals surface area contributed by atoms with Crippen molar-refractivity contribution in [2.24, 2.45) is 0 Å². The Morgan fingerprint density at radius 3 is 1.98 bits per heavy atom. The van der Waals surface area contributed by atoms with Gasteiger partial charge >= 0.3 is 32.3 Å². The number of rotatable bonds is 6. The van der Waals surface area contributed by atoms with Crippen LogP contribution in [0.5, 0.6) is 0 Å². The van der Waals surface area contributed by atoms with E-state index in [1.807, 2.05) is 0 Å². The Morgan fingerprint density at radius 2 is 1.54 bits per heavy atom. The Labute approximate surface area is 241 Å². The molecule has 0 saturated carbocycles. The molecule has 0 spiro atoms. The van der Waals surface area contributed by atoms with Crippen LogP contribution in [0.4, 0.5) is 24.6 Å². The van der Waals surface area contributed by atoms with E-state index in [1.165, 1.54) is 0 Å². The fourth-order valence-electron chi connectivity index (χ4n) is 3.31. The maximum atomic E-state index is 15.7. The van der Waals surface area contributed by atoms with E-state index in [0.717, 1.165) is 28.6 Å². The topological polar surface area (TPSA) is 173 Å². The summed E-state index contributed by atoms with van der Waals surface area (Å²) >= 11 is 0.792. The Bertz CT molecular complexity index is 1180. The average molecular weight is 625 g/mol. The summed E-state index contributed by atoms with van der Waals surface area (Å²) < 4.78 is 53.2. The van der Waals surface area contributed by atoms with Gasteiger partial charge in [0.25, 0.3) is 0 Å². The van der Waals surface area contributed by atoms with Gasteiger partial charge < -0.3 is 18.9 Å². The van der Waals surface area contributed by atoms with E-state index >= 15 is 4.39 Å². The zero-order valence-electron chi connectivity index (χ0n) is 24.3. The molecule has 0 aromatic carbocycles. The monoisotopic (exact) mass is 624 g/mol. The lowest BCUT2D eigenvalue weighted by atomic mass is 10.1. The highest BCUT2D eigenvalue weighted by Crippen LogP contribution is 2.45. The first-order valence-corrected chi connectivity index (χ1v) is 14.5. The highest BCUT2D eigenvalue weighted by molar-refractivity contribution is 8.00. The number of alkyl halides is 1. The lowest BCUT2D eigenvalue weighted by Gasteiger charge is -2.28. The van der Waals surface area contributed by atoms with E-state index in [2.05, 4.69) is 4.98 Å². The van der Waals surface area contributed by atoms with Crippen LogP contribution in [-0.2, 0) is 28.0 Å². The van der Waals surface area contributed by atoms with Gasteiger partial charge in [0.1, 0.15) is 28.8 Å². The average Bonchev–Trinajstić information content (AvgIpc) is 3.03. The molecule has 2 heterocycles. The number of hydrogen-bond acceptors (Lipinski definition) is 12. The van der Waals surface area contributed by atoms with Crippen molar-refractivity contribution in [3.63, 3.8) is 0 Å². The van der Waals surface area contributed by atoms with Crippen molar-refractivity contribution in [2.75, 3.05) is 11.5 Å². The minimum absolute atomic E-state index is 0.438. The molecule has 2 amide bonds. The van der Waals surface area contributed by atoms with Crippen LogP contribution in [0.15, 0.2) is 17.1 Å². The zero-order chi connectivity index (χ0) is 31.5. The number of carbonyl (C=O) groups is 3. The first kappa shape index (κ1) is 34.4. The van der Waals surface area contributed by atoms with Gasteiger partial charge in [-0.2, -0.15) is 9.88 Å². The van der Waals surface area contributed by atoms with E-state index in [0.29, 0.717) is 4.90 Å². The van der Waals surface area contributed by atoms with Crippen molar-refractivity contribution in [3.05, 3.63) is 22.7 Å². The summed E-state index contributed by atoms with van der Waals surface area (Å²) in [5.74, 6) is -0.438. The number of aromatic nitrogens is 2. The molecule has 17 heteroatoms. The Balaban J connectivity index is 2.43. The Hall–Kier alpha value is -2.81. The molecule has 14 nitrogen and oxygen atoms in total. The van der Waals surface area contributed by atoms with Crippen molar-refractivity contribution in [3.8, 4) is 0 Å². The summed E-state index contributed by atoms with van der Waals surface area (Å²) in [5.41, 5.74) is -4.02. The second-order valence-corrected chi connectivity index (χ2v) is 14.0. The molecule has 0 radical (unpaired) electrons. The first-order valence-electron chi connectivity index (χ1n) is 12.4. The minimum atomic E-state index is -3.04. The van der Waals surface area contributed by atoms with E-state index in [1.54, 1.807) is 62.3 Å². The fraction of sp³-hybridized carbons (Fsp3) is 0.708. The quantitative estimate of drug-likeness (QED) is 0.259. The van der Waals surface area contributed by atoms with Crippen molar-refractivity contribution < 1.29 is 51.7 Å². The molecule has 5 atom stereocenters. The molecule has 1 aliphatic heterocycles. The summed E-state index contributed by atoms with van der Waals surface area (Å²) in [6, 6.07) is 1.11. The molecule has 1 N–H and O–H groups in total. The van der Waals surface area contributed by atoms with Crippen LogP contribution in [0.2, 0.25) is 0 Å². The van der Waals surface area contributed by atoms with Crippen molar-refractivity contribution >= 4 is 44.2 Å². The van der Waals surface area contributed by atoms with Crippen LogP contribution in [0, 0.1) is 0 Å². The number of imide groups is 1. The van der Waals surface area contributed by atoms with Gasteiger partial charge in [-0.05, 0) is 68.4 Å². The van der Waals surface area contributed by atoms with Crippen molar-refractivity contribution in [2.45, 2.75) is 102 Å². The van der Waals surface area contributed by atoms with Crippen LogP contribution in [0.1, 0.15) is 67.7 Å². The Kier molecular flexibility index (Phi) is 10.9. The van der Waals surface area contributed by atoms with Crippen molar-refractivity contribution in [1.29, 1.82) is 0 Å². The molecule has 1 fully saturated rings. The second-order valence-electron chi connectivity index (χ2n) is 11.9. The minimum Gasteiger partial charge on any atom is -0.443 e. The number of hydrogen-bond donors (Lipinski definition) is 1. The Morgan fingerprint density at radius 1 is 1.02 bits per heavy atom. The molecule has 41 heavy (non-hydrogen) atoms. The van der Waals surface area contributed by atoms with E-state index < -0.39 is 84.4 Å². The summed E-state index contributed by atoms with van der Waals surface area (Å²) in [6.07, 6.45) is -5.95. The zero-order valence-corrected chi connectivity index (χ0v) is 26.0. The summed E-state index contributed by atoms with van der Waals surface area (Å²) in [5, 5.41) is -2.35. The summed E-state index contributed by atoms with van der Waals surface area (Å²) in [4.78, 5) is 64.4. The van der Waals surface area contributed by atoms with Gasteiger partial charge in [0.2, 0.25) is 0 Å². The third kappa shape index (κ3) is 10.5. The van der Waals surface area contributed by atoms with Crippen LogP contribution in [-0.4, -0.2) is 73.7 Å². The molecule has 2 rings (SSSR count). The molecular formula is C24H36FN3O11PS+. The molecule has 1 aromatic heterocycles. The maximum Gasteiger partial charge on any atom is 0.694 e. The smallest absolute Gasteiger partial charge is 0.443 e. The first-order chi connectivity index (χ1) is 18.6. The number of halogens is 1. The standard InChI is InChI=1S/C24H35FN3O11PS/c1-22(2,3)37-19(30)28(20(31)38-23(4,5)6)14-10-11-27(18(29)26-14)17-15(25)16(13(41-17)12-35-40(33)34)36-21(32)39-24(7,8)9/h10-11,13,15-17H,12H2,1-9H3/p+1/t13-,15+,16-,17?/m1/s1. The third-order valence-corrected chi connectivity index (χ3v) is 6.60. The molecule has 0 aliphatic carbocycles. The molecule has 2 unspecified atom stereocenters. The van der Waals surface area contributed by atoms with E-state index in [-0.39, 0.29) is 0 Å². The summed E-state index contributed by atoms with van der Waals surface area (Å²) in [6.45, 7) is 13.7. The van der Waals surface area contributed by atoms with E-state index in [4.69, 9.17) is 28.4 Å². The van der Waals surface area contributed by atoms with Gasteiger partial charge in [-0.1, -0.05) is 0 Å². The number of amides is 2. The number of ether oxygens (including phenoxy) is 4. The van der Waals surface area contributed by atoms with Gasteiger partial charge in [-0.3, -0.25) is 4.57 Å². The lowest BCUT2D eigenvalue weighted by molar-refractivity contribution is -0.0454. The fourth-order valence-corrected chi connectivity index (χ4v) is 5.16. The lowest BCUT2D eigenvalue weighted by Crippen LogP contribution is -2.45. The van der Waals surface area contributed by atoms with Gasteiger partial charge in [0, 0.05) is 10.8 Å².